The maximum Gasteiger partial charge on any atom is 0.243 e. The molecule has 0 saturated carbocycles. The largest absolute Gasteiger partial charge is 0.341 e. The van der Waals surface area contributed by atoms with E-state index < -0.39 is 15.8 Å². The molecule has 2 fully saturated rings. The molecule has 4 rings (SSSR count). The molecular formula is C23H32FN5O2S. The third-order valence-corrected chi connectivity index (χ3v) is 8.53. The molecule has 0 amide bonds. The van der Waals surface area contributed by atoms with E-state index in [4.69, 9.17) is 0 Å². The van der Waals surface area contributed by atoms with Crippen molar-refractivity contribution in [3.05, 3.63) is 47.0 Å². The zero-order chi connectivity index (χ0) is 22.9. The monoisotopic (exact) mass is 461 g/mol. The lowest BCUT2D eigenvalue weighted by atomic mass is 10.0. The van der Waals surface area contributed by atoms with Crippen LogP contribution in [0.1, 0.15) is 36.2 Å². The number of aromatic nitrogens is 2. The highest BCUT2D eigenvalue weighted by molar-refractivity contribution is 7.89. The number of aryl methyl sites for hydroxylation is 3. The predicted molar refractivity (Wildman–Crippen MR) is 123 cm³/mol. The molecule has 32 heavy (non-hydrogen) atoms. The molecule has 0 atom stereocenters. The lowest BCUT2D eigenvalue weighted by Gasteiger charge is -2.38. The van der Waals surface area contributed by atoms with E-state index >= 15 is 0 Å². The van der Waals surface area contributed by atoms with E-state index in [0.29, 0.717) is 31.2 Å². The maximum absolute atomic E-state index is 13.7. The topological polar surface area (TPSA) is 69.6 Å². The third kappa shape index (κ3) is 4.94. The first kappa shape index (κ1) is 23.1. The number of piperidine rings is 1. The number of rotatable bonds is 4. The van der Waals surface area contributed by atoms with Gasteiger partial charge in [0.15, 0.2) is 0 Å². The second kappa shape index (κ2) is 9.41. The van der Waals surface area contributed by atoms with Crippen molar-refractivity contribution in [1.82, 2.24) is 19.2 Å². The Hall–Kier alpha value is -2.10. The van der Waals surface area contributed by atoms with Crippen LogP contribution in [-0.4, -0.2) is 72.9 Å². The van der Waals surface area contributed by atoms with Crippen LogP contribution in [0.4, 0.5) is 10.3 Å². The quantitative estimate of drug-likeness (QED) is 0.697. The summed E-state index contributed by atoms with van der Waals surface area (Å²) in [6.07, 6.45) is 2.78. The number of hydrogen-bond acceptors (Lipinski definition) is 6. The minimum Gasteiger partial charge on any atom is -0.341 e. The summed E-state index contributed by atoms with van der Waals surface area (Å²) in [7, 11) is -3.70. The molecule has 174 valence electrons. The van der Waals surface area contributed by atoms with Crippen LogP contribution >= 0.6 is 0 Å². The molecule has 2 saturated heterocycles. The molecular weight excluding hydrogens is 429 g/mol. The first-order valence-corrected chi connectivity index (χ1v) is 12.8. The molecule has 0 bridgehead atoms. The van der Waals surface area contributed by atoms with Gasteiger partial charge in [0.2, 0.25) is 16.0 Å². The molecule has 0 unspecified atom stereocenters. The Labute approximate surface area is 190 Å². The van der Waals surface area contributed by atoms with Crippen LogP contribution in [0.3, 0.4) is 0 Å². The fraction of sp³-hybridized carbons (Fsp3) is 0.565. The second-order valence-electron chi connectivity index (χ2n) is 8.87. The Bertz CT molecular complexity index is 1050. The van der Waals surface area contributed by atoms with Gasteiger partial charge in [0, 0.05) is 50.2 Å². The van der Waals surface area contributed by atoms with Crippen LogP contribution in [0.2, 0.25) is 0 Å². The first-order chi connectivity index (χ1) is 15.2. The molecule has 2 aliphatic rings. The lowest BCUT2D eigenvalue weighted by Crippen LogP contribution is -2.46. The molecule has 2 aromatic rings. The minimum absolute atomic E-state index is 0.0766. The molecule has 1 aromatic heterocycles. The minimum atomic E-state index is -3.70. The number of benzene rings is 1. The van der Waals surface area contributed by atoms with Gasteiger partial charge >= 0.3 is 0 Å². The fourth-order valence-electron chi connectivity index (χ4n) is 4.79. The van der Waals surface area contributed by atoms with Gasteiger partial charge in [-0.3, -0.25) is 4.90 Å². The number of nitrogens with zero attached hydrogens (tertiary/aromatic N) is 5. The highest BCUT2D eigenvalue weighted by Gasteiger charge is 2.32. The summed E-state index contributed by atoms with van der Waals surface area (Å²) in [6, 6.07) is 6.38. The predicted octanol–water partition coefficient (Wildman–Crippen LogP) is 2.91. The number of halogens is 1. The number of anilines is 1. The summed E-state index contributed by atoms with van der Waals surface area (Å²) in [4.78, 5) is 13.9. The third-order valence-electron chi connectivity index (χ3n) is 6.49. The van der Waals surface area contributed by atoms with E-state index in [0.717, 1.165) is 62.3 Å². The Morgan fingerprint density at radius 3 is 2.28 bits per heavy atom. The van der Waals surface area contributed by atoms with Crippen LogP contribution < -0.4 is 4.90 Å². The van der Waals surface area contributed by atoms with E-state index in [-0.39, 0.29) is 4.90 Å². The maximum atomic E-state index is 13.7. The van der Waals surface area contributed by atoms with Gasteiger partial charge in [-0.1, -0.05) is 6.07 Å². The summed E-state index contributed by atoms with van der Waals surface area (Å²) in [5, 5.41) is 0. The molecule has 0 aliphatic carbocycles. The lowest BCUT2D eigenvalue weighted by molar-refractivity contribution is 0.177. The van der Waals surface area contributed by atoms with Crippen molar-refractivity contribution in [2.75, 3.05) is 44.2 Å². The van der Waals surface area contributed by atoms with Gasteiger partial charge in [-0.25, -0.2) is 22.8 Å². The zero-order valence-corrected chi connectivity index (χ0v) is 19.9. The van der Waals surface area contributed by atoms with E-state index in [2.05, 4.69) is 19.8 Å². The SMILES string of the molecule is Cc1cc(C)nc(N2CCC(N3CCCN(S(=O)(=O)c4cc(F)ccc4C)CC3)CC2)n1. The molecule has 0 spiro atoms. The van der Waals surface area contributed by atoms with Gasteiger partial charge in [-0.05, 0) is 70.3 Å². The molecule has 9 heteroatoms. The van der Waals surface area contributed by atoms with Gasteiger partial charge in [-0.15, -0.1) is 0 Å². The second-order valence-corrected chi connectivity index (χ2v) is 10.8. The molecule has 7 nitrogen and oxygen atoms in total. The first-order valence-electron chi connectivity index (χ1n) is 11.3. The standard InChI is InChI=1S/C23H32FN5O2S/c1-17-5-6-20(24)16-22(17)32(30,31)29-10-4-9-27(13-14-29)21-7-11-28(12-8-21)23-25-18(2)15-19(3)26-23/h5-6,15-16,21H,4,7-14H2,1-3H3. The van der Waals surface area contributed by atoms with Crippen molar-refractivity contribution < 1.29 is 12.8 Å². The average molecular weight is 462 g/mol. The normalized spacial score (nSPS) is 19.8. The van der Waals surface area contributed by atoms with Gasteiger partial charge in [0.05, 0.1) is 4.90 Å². The van der Waals surface area contributed by atoms with E-state index in [9.17, 15) is 12.8 Å². The Morgan fingerprint density at radius 2 is 1.59 bits per heavy atom. The molecule has 2 aliphatic heterocycles. The summed E-state index contributed by atoms with van der Waals surface area (Å²) < 4.78 is 41.6. The van der Waals surface area contributed by atoms with Crippen LogP contribution in [0.25, 0.3) is 0 Å². The Morgan fingerprint density at radius 1 is 0.906 bits per heavy atom. The number of sulfonamides is 1. The van der Waals surface area contributed by atoms with Gasteiger partial charge in [0.25, 0.3) is 0 Å². The van der Waals surface area contributed by atoms with E-state index in [1.54, 1.807) is 6.92 Å². The number of hydrogen-bond donors (Lipinski definition) is 0. The summed E-state index contributed by atoms with van der Waals surface area (Å²) in [5.41, 5.74) is 2.54. The molecule has 0 radical (unpaired) electrons. The smallest absolute Gasteiger partial charge is 0.243 e. The van der Waals surface area contributed by atoms with Gasteiger partial charge < -0.3 is 4.90 Å². The van der Waals surface area contributed by atoms with Crippen molar-refractivity contribution in [2.45, 2.75) is 51.0 Å². The summed E-state index contributed by atoms with van der Waals surface area (Å²) in [5.74, 6) is 0.282. The van der Waals surface area contributed by atoms with Gasteiger partial charge in [-0.2, -0.15) is 4.31 Å². The van der Waals surface area contributed by atoms with Crippen LogP contribution in [0, 0.1) is 26.6 Å². The fourth-order valence-corrected chi connectivity index (χ4v) is 6.50. The summed E-state index contributed by atoms with van der Waals surface area (Å²) in [6.45, 7) is 9.95. The highest BCUT2D eigenvalue weighted by Crippen LogP contribution is 2.25. The highest BCUT2D eigenvalue weighted by atomic mass is 32.2. The van der Waals surface area contributed by atoms with Crippen molar-refractivity contribution >= 4 is 16.0 Å². The average Bonchev–Trinajstić information content (AvgIpc) is 3.02. The van der Waals surface area contributed by atoms with Crippen molar-refractivity contribution in [2.24, 2.45) is 0 Å². The van der Waals surface area contributed by atoms with Crippen LogP contribution in [0.5, 0.6) is 0 Å². The molecule has 0 N–H and O–H groups in total. The van der Waals surface area contributed by atoms with Crippen molar-refractivity contribution in [3.63, 3.8) is 0 Å². The molecule has 3 heterocycles. The molecule has 1 aromatic carbocycles. The van der Waals surface area contributed by atoms with Crippen LogP contribution in [0.15, 0.2) is 29.2 Å². The van der Waals surface area contributed by atoms with Gasteiger partial charge in [0.1, 0.15) is 5.82 Å². The van der Waals surface area contributed by atoms with Crippen LogP contribution in [-0.2, 0) is 10.0 Å². The summed E-state index contributed by atoms with van der Waals surface area (Å²) >= 11 is 0. The van der Waals surface area contributed by atoms with Crippen molar-refractivity contribution in [3.8, 4) is 0 Å². The van der Waals surface area contributed by atoms with E-state index in [1.807, 2.05) is 19.9 Å². The van der Waals surface area contributed by atoms with E-state index in [1.165, 1.54) is 16.4 Å². The van der Waals surface area contributed by atoms with Crippen molar-refractivity contribution in [1.29, 1.82) is 0 Å². The zero-order valence-electron chi connectivity index (χ0n) is 19.1. The Kier molecular flexibility index (Phi) is 6.78. The Balaban J connectivity index is 1.38.